The van der Waals surface area contributed by atoms with Crippen LogP contribution in [0.25, 0.3) is 0 Å². The fraction of sp³-hybridized carbons (Fsp3) is 0.667. The minimum Gasteiger partial charge on any atom is -0.452 e. The Kier molecular flexibility index (Phi) is 5.06. The molecule has 0 saturated carbocycles. The Morgan fingerprint density at radius 2 is 2.17 bits per heavy atom. The Labute approximate surface area is 78.4 Å². The molecule has 0 N–H and O–H groups in total. The molecule has 0 amide bonds. The van der Waals surface area contributed by atoms with Gasteiger partial charge < -0.3 is 4.74 Å². The predicted molar refractivity (Wildman–Crippen MR) is 53.5 cm³/mol. The lowest BCUT2D eigenvalue weighted by Gasteiger charge is -2.18. The number of carbonyl (C=O) groups excluding carboxylic acids is 1. The average Bonchev–Trinajstić information content (AvgIpc) is 1.84. The van der Waals surface area contributed by atoms with Crippen LogP contribution in [0.3, 0.4) is 0 Å². The van der Waals surface area contributed by atoms with Crippen molar-refractivity contribution >= 4 is 17.1 Å². The summed E-state index contributed by atoms with van der Waals surface area (Å²) in [6.45, 7) is 9.15. The van der Waals surface area contributed by atoms with Crippen molar-refractivity contribution in [2.45, 2.75) is 32.8 Å². The molecule has 0 atom stereocenters. The van der Waals surface area contributed by atoms with Gasteiger partial charge in [-0.3, -0.25) is 0 Å². The van der Waals surface area contributed by atoms with E-state index in [1.165, 1.54) is 11.8 Å². The highest BCUT2D eigenvalue weighted by Crippen LogP contribution is 2.15. The molecule has 0 heterocycles. The van der Waals surface area contributed by atoms with Crippen LogP contribution in [0.1, 0.15) is 27.2 Å². The Bertz CT molecular complexity index is 158. The van der Waals surface area contributed by atoms with Gasteiger partial charge in [-0.15, -0.1) is 6.58 Å². The van der Waals surface area contributed by atoms with Crippen molar-refractivity contribution in [3.63, 3.8) is 0 Å². The number of carbonyl (C=O) groups is 1. The van der Waals surface area contributed by atoms with Gasteiger partial charge in [-0.2, -0.15) is 0 Å². The van der Waals surface area contributed by atoms with Crippen LogP contribution in [0.2, 0.25) is 0 Å². The van der Waals surface area contributed by atoms with E-state index in [9.17, 15) is 4.79 Å². The number of rotatable bonds is 3. The summed E-state index contributed by atoms with van der Waals surface area (Å²) in [4.78, 5) is 11.0. The van der Waals surface area contributed by atoms with Crippen LogP contribution in [-0.4, -0.2) is 16.7 Å². The number of thioether (sulfide) groups is 1. The van der Waals surface area contributed by atoms with Crippen LogP contribution in [0, 0.1) is 0 Å². The zero-order chi connectivity index (χ0) is 9.61. The minimum atomic E-state index is -0.377. The van der Waals surface area contributed by atoms with Crippen molar-refractivity contribution < 1.29 is 9.53 Å². The minimum absolute atomic E-state index is 0.204. The number of hydrogen-bond donors (Lipinski definition) is 0. The van der Waals surface area contributed by atoms with Crippen molar-refractivity contribution in [1.29, 1.82) is 0 Å². The summed E-state index contributed by atoms with van der Waals surface area (Å²) in [6.07, 6.45) is 2.63. The van der Waals surface area contributed by atoms with Crippen LogP contribution in [-0.2, 0) is 4.74 Å². The molecule has 0 saturated heterocycles. The van der Waals surface area contributed by atoms with Gasteiger partial charge in [-0.25, -0.2) is 4.79 Å². The van der Waals surface area contributed by atoms with Crippen molar-refractivity contribution in [3.05, 3.63) is 12.7 Å². The molecule has 12 heavy (non-hydrogen) atoms. The normalized spacial score (nSPS) is 10.9. The monoisotopic (exact) mass is 188 g/mol. The molecule has 2 nitrogen and oxygen atoms in total. The molecule has 0 radical (unpaired) electrons. The van der Waals surface area contributed by atoms with Gasteiger partial charge in [0.15, 0.2) is 0 Å². The topological polar surface area (TPSA) is 26.3 Å². The number of ether oxygens (including phenoxy) is 1. The second-order valence-corrected chi connectivity index (χ2v) is 4.42. The summed E-state index contributed by atoms with van der Waals surface area (Å²) in [7, 11) is 0. The van der Waals surface area contributed by atoms with Gasteiger partial charge in [0, 0.05) is 5.75 Å². The lowest BCUT2D eigenvalue weighted by Crippen LogP contribution is -2.21. The molecular formula is C9H16O2S. The van der Waals surface area contributed by atoms with Crippen LogP contribution < -0.4 is 0 Å². The zero-order valence-corrected chi connectivity index (χ0v) is 8.74. The van der Waals surface area contributed by atoms with E-state index in [0.29, 0.717) is 0 Å². The van der Waals surface area contributed by atoms with Crippen LogP contribution in [0.4, 0.5) is 4.79 Å². The fourth-order valence-corrected chi connectivity index (χ4v) is 1.27. The first-order valence-corrected chi connectivity index (χ1v) is 4.91. The van der Waals surface area contributed by atoms with Crippen LogP contribution >= 0.6 is 11.8 Å². The molecular weight excluding hydrogens is 172 g/mol. The first-order valence-electron chi connectivity index (χ1n) is 3.92. The molecule has 3 heteroatoms. The maximum absolute atomic E-state index is 11.0. The smallest absolute Gasteiger partial charge is 0.367 e. The second kappa shape index (κ2) is 5.25. The predicted octanol–water partition coefficient (Wildman–Crippen LogP) is 3.23. The Balaban J connectivity index is 3.53. The van der Waals surface area contributed by atoms with Crippen LogP contribution in [0.15, 0.2) is 12.7 Å². The Hall–Kier alpha value is -0.440. The quantitative estimate of drug-likeness (QED) is 0.386. The third-order valence-electron chi connectivity index (χ3n) is 0.931. The maximum Gasteiger partial charge on any atom is 0.367 e. The van der Waals surface area contributed by atoms with E-state index in [1.807, 2.05) is 20.8 Å². The maximum atomic E-state index is 11.0. The molecule has 0 aliphatic heterocycles. The Morgan fingerprint density at radius 3 is 2.58 bits per heavy atom. The lowest BCUT2D eigenvalue weighted by molar-refractivity contribution is 0.0738. The SMILES string of the molecule is C=CCCSC(=O)OC(C)(C)C. The molecule has 0 aromatic heterocycles. The second-order valence-electron chi connectivity index (χ2n) is 3.39. The third kappa shape index (κ3) is 7.66. The first kappa shape index (κ1) is 11.6. The van der Waals surface area contributed by atoms with E-state index >= 15 is 0 Å². The summed E-state index contributed by atoms with van der Waals surface area (Å²) in [5.74, 6) is 0.748. The summed E-state index contributed by atoms with van der Waals surface area (Å²) < 4.78 is 5.07. The molecule has 70 valence electrons. The molecule has 0 bridgehead atoms. The van der Waals surface area contributed by atoms with Gasteiger partial charge in [-0.1, -0.05) is 6.08 Å². The lowest BCUT2D eigenvalue weighted by atomic mass is 10.2. The summed E-state index contributed by atoms with van der Waals surface area (Å²) in [5.41, 5.74) is -0.377. The first-order chi connectivity index (χ1) is 5.45. The molecule has 0 aromatic rings. The highest BCUT2D eigenvalue weighted by Gasteiger charge is 2.15. The molecule has 0 spiro atoms. The van der Waals surface area contributed by atoms with Crippen molar-refractivity contribution in [2.75, 3.05) is 5.75 Å². The van der Waals surface area contributed by atoms with Gasteiger partial charge in [0.2, 0.25) is 0 Å². The third-order valence-corrected chi connectivity index (χ3v) is 1.69. The van der Waals surface area contributed by atoms with Gasteiger partial charge in [0.1, 0.15) is 5.60 Å². The molecule has 0 unspecified atom stereocenters. The van der Waals surface area contributed by atoms with Gasteiger partial charge in [0.05, 0.1) is 0 Å². The largest absolute Gasteiger partial charge is 0.452 e. The highest BCUT2D eigenvalue weighted by atomic mass is 32.2. The van der Waals surface area contributed by atoms with Crippen molar-refractivity contribution in [2.24, 2.45) is 0 Å². The van der Waals surface area contributed by atoms with Gasteiger partial charge in [-0.05, 0) is 39.0 Å². The van der Waals surface area contributed by atoms with Gasteiger partial charge >= 0.3 is 5.30 Å². The molecule has 0 aromatic carbocycles. The van der Waals surface area contributed by atoms with E-state index in [0.717, 1.165) is 12.2 Å². The summed E-state index contributed by atoms with van der Waals surface area (Å²) in [6, 6.07) is 0. The van der Waals surface area contributed by atoms with E-state index < -0.39 is 0 Å². The van der Waals surface area contributed by atoms with E-state index in [-0.39, 0.29) is 10.9 Å². The molecule has 0 rings (SSSR count). The van der Waals surface area contributed by atoms with Crippen molar-refractivity contribution in [3.8, 4) is 0 Å². The number of hydrogen-bond acceptors (Lipinski definition) is 3. The van der Waals surface area contributed by atoms with Crippen molar-refractivity contribution in [1.82, 2.24) is 0 Å². The van der Waals surface area contributed by atoms with E-state index in [4.69, 9.17) is 4.74 Å². The molecule has 0 aliphatic rings. The van der Waals surface area contributed by atoms with E-state index in [1.54, 1.807) is 6.08 Å². The molecule has 0 aliphatic carbocycles. The van der Waals surface area contributed by atoms with Crippen LogP contribution in [0.5, 0.6) is 0 Å². The zero-order valence-electron chi connectivity index (χ0n) is 7.92. The summed E-state index contributed by atoms with van der Waals surface area (Å²) in [5, 5.41) is -0.204. The summed E-state index contributed by atoms with van der Waals surface area (Å²) >= 11 is 1.20. The van der Waals surface area contributed by atoms with E-state index in [2.05, 4.69) is 6.58 Å². The Morgan fingerprint density at radius 1 is 1.58 bits per heavy atom. The standard InChI is InChI=1S/C9H16O2S/c1-5-6-7-12-8(10)11-9(2,3)4/h5H,1,6-7H2,2-4H3. The fourth-order valence-electron chi connectivity index (χ4n) is 0.505. The highest BCUT2D eigenvalue weighted by molar-refractivity contribution is 8.13. The number of allylic oxidation sites excluding steroid dienone is 1. The van der Waals surface area contributed by atoms with Gasteiger partial charge in [0.25, 0.3) is 0 Å². The molecule has 0 fully saturated rings. The average molecular weight is 188 g/mol.